The first-order valence-electron chi connectivity index (χ1n) is 13.5. The minimum atomic E-state index is -0.388. The summed E-state index contributed by atoms with van der Waals surface area (Å²) in [5, 5.41) is 16.5. The van der Waals surface area contributed by atoms with Crippen molar-refractivity contribution < 1.29 is 19.0 Å². The molecule has 1 aliphatic carbocycles. The summed E-state index contributed by atoms with van der Waals surface area (Å²) in [4.78, 5) is 20.8. The molecule has 39 heavy (non-hydrogen) atoms. The molecule has 3 aromatic heterocycles. The minimum Gasteiger partial charge on any atom is -0.446 e. The van der Waals surface area contributed by atoms with E-state index in [2.05, 4.69) is 31.1 Å². The van der Waals surface area contributed by atoms with Crippen molar-refractivity contribution in [2.45, 2.75) is 63.5 Å². The van der Waals surface area contributed by atoms with Crippen LogP contribution in [0.4, 0.5) is 10.5 Å². The average Bonchev–Trinajstić information content (AvgIpc) is 3.76. The molecule has 6 rings (SSSR count). The molecule has 3 aromatic rings. The van der Waals surface area contributed by atoms with E-state index in [1.54, 1.807) is 18.6 Å². The molecule has 3 aliphatic rings. The van der Waals surface area contributed by atoms with Crippen LogP contribution in [0.2, 0.25) is 0 Å². The van der Waals surface area contributed by atoms with E-state index in [1.807, 2.05) is 30.1 Å². The van der Waals surface area contributed by atoms with Crippen LogP contribution in [0.25, 0.3) is 10.9 Å². The Bertz CT molecular complexity index is 1320. The zero-order valence-corrected chi connectivity index (χ0v) is 22.0. The maximum Gasteiger partial charge on any atom is 0.407 e. The Morgan fingerprint density at radius 3 is 3.00 bits per heavy atom. The molecule has 5 heterocycles. The average molecular weight is 535 g/mol. The van der Waals surface area contributed by atoms with E-state index < -0.39 is 0 Å². The number of hydrogen-bond acceptors (Lipinski definition) is 10. The lowest BCUT2D eigenvalue weighted by Crippen LogP contribution is -2.30. The molecule has 0 spiro atoms. The number of carbonyl (C=O) groups is 1. The van der Waals surface area contributed by atoms with E-state index in [-0.39, 0.29) is 24.3 Å². The van der Waals surface area contributed by atoms with Crippen molar-refractivity contribution in [1.29, 1.82) is 0 Å². The molecular formula is C27H34N8O4. The number of carbonyl (C=O) groups excluding carboxylic acids is 1. The number of rotatable bonds is 8. The van der Waals surface area contributed by atoms with Crippen LogP contribution >= 0.6 is 0 Å². The maximum absolute atomic E-state index is 12.3. The third kappa shape index (κ3) is 5.96. The van der Waals surface area contributed by atoms with Gasteiger partial charge in [-0.2, -0.15) is 10.2 Å². The van der Waals surface area contributed by atoms with Crippen LogP contribution in [-0.2, 0) is 34.4 Å². The van der Waals surface area contributed by atoms with Crippen molar-refractivity contribution in [3.05, 3.63) is 48.2 Å². The van der Waals surface area contributed by atoms with Crippen LogP contribution < -0.4 is 16.1 Å². The SMILES string of the molecule is Cn1nc(COC2CCOC2)c2cncc(NC3=NNC([C@H]4CC[C@@H](OC(=O)NCc5cccnc5)C4)C3)c21. The van der Waals surface area contributed by atoms with Gasteiger partial charge >= 0.3 is 6.09 Å². The molecule has 2 fully saturated rings. The van der Waals surface area contributed by atoms with E-state index in [1.165, 1.54) is 0 Å². The van der Waals surface area contributed by atoms with Gasteiger partial charge in [0.2, 0.25) is 0 Å². The monoisotopic (exact) mass is 534 g/mol. The van der Waals surface area contributed by atoms with Gasteiger partial charge in [0.05, 0.1) is 48.5 Å². The number of amides is 1. The lowest BCUT2D eigenvalue weighted by molar-refractivity contribution is 0.0304. The number of anilines is 1. The molecule has 1 saturated heterocycles. The highest BCUT2D eigenvalue weighted by Gasteiger charge is 2.35. The quantitative estimate of drug-likeness (QED) is 0.398. The second-order valence-electron chi connectivity index (χ2n) is 10.4. The molecule has 2 aliphatic heterocycles. The molecular weight excluding hydrogens is 500 g/mol. The highest BCUT2D eigenvalue weighted by atomic mass is 16.6. The van der Waals surface area contributed by atoms with Crippen molar-refractivity contribution in [3.63, 3.8) is 0 Å². The Balaban J connectivity index is 1.00. The third-order valence-electron chi connectivity index (χ3n) is 7.65. The van der Waals surface area contributed by atoms with E-state index in [0.29, 0.717) is 25.7 Å². The number of hydrogen-bond donors (Lipinski definition) is 3. The first-order chi connectivity index (χ1) is 19.1. The van der Waals surface area contributed by atoms with E-state index >= 15 is 0 Å². The summed E-state index contributed by atoms with van der Waals surface area (Å²) >= 11 is 0. The normalized spacial score (nSPS) is 24.5. The molecule has 1 amide bonds. The summed E-state index contributed by atoms with van der Waals surface area (Å²) in [6, 6.07) is 3.95. The Morgan fingerprint density at radius 2 is 2.15 bits per heavy atom. The van der Waals surface area contributed by atoms with Gasteiger partial charge in [-0.3, -0.25) is 14.6 Å². The van der Waals surface area contributed by atoms with Crippen LogP contribution in [0.5, 0.6) is 0 Å². The molecule has 12 nitrogen and oxygen atoms in total. The molecule has 206 valence electrons. The number of hydrazone groups is 1. The third-order valence-corrected chi connectivity index (χ3v) is 7.65. The number of aromatic nitrogens is 4. The van der Waals surface area contributed by atoms with Gasteiger partial charge in [0.25, 0.3) is 0 Å². The Hall–Kier alpha value is -3.77. The highest BCUT2D eigenvalue weighted by Crippen LogP contribution is 2.33. The number of ether oxygens (including phenoxy) is 3. The molecule has 3 N–H and O–H groups in total. The highest BCUT2D eigenvalue weighted by molar-refractivity contribution is 6.03. The van der Waals surface area contributed by atoms with Gasteiger partial charge in [-0.15, -0.1) is 0 Å². The topological polar surface area (TPSA) is 137 Å². The second-order valence-corrected chi connectivity index (χ2v) is 10.4. The summed E-state index contributed by atoms with van der Waals surface area (Å²) in [6.07, 6.45) is 11.0. The Kier molecular flexibility index (Phi) is 7.55. The maximum atomic E-state index is 12.3. The largest absolute Gasteiger partial charge is 0.446 e. The molecule has 0 bridgehead atoms. The lowest BCUT2D eigenvalue weighted by Gasteiger charge is -2.18. The van der Waals surface area contributed by atoms with Gasteiger partial charge < -0.3 is 30.3 Å². The summed E-state index contributed by atoms with van der Waals surface area (Å²) in [5.74, 6) is 1.23. The Labute approximate surface area is 226 Å². The number of nitrogens with one attached hydrogen (secondary N) is 3. The first-order valence-corrected chi connectivity index (χ1v) is 13.5. The molecule has 0 aromatic carbocycles. The predicted octanol–water partition coefficient (Wildman–Crippen LogP) is 2.85. The summed E-state index contributed by atoms with van der Waals surface area (Å²) in [7, 11) is 1.93. The zero-order chi connectivity index (χ0) is 26.6. The first kappa shape index (κ1) is 25.5. The zero-order valence-electron chi connectivity index (χ0n) is 22.0. The van der Waals surface area contributed by atoms with Crippen molar-refractivity contribution in [3.8, 4) is 0 Å². The second kappa shape index (κ2) is 11.5. The van der Waals surface area contributed by atoms with Gasteiger partial charge in [0.15, 0.2) is 0 Å². The van der Waals surface area contributed by atoms with Crippen LogP contribution in [-0.4, -0.2) is 63.1 Å². The fourth-order valence-electron chi connectivity index (χ4n) is 5.62. The number of nitrogens with zero attached hydrogens (tertiary/aromatic N) is 5. The van der Waals surface area contributed by atoms with E-state index in [4.69, 9.17) is 19.3 Å². The van der Waals surface area contributed by atoms with Crippen LogP contribution in [0.1, 0.15) is 43.4 Å². The fraction of sp³-hybridized carbons (Fsp3) is 0.519. The predicted molar refractivity (Wildman–Crippen MR) is 144 cm³/mol. The fourth-order valence-corrected chi connectivity index (χ4v) is 5.62. The number of pyridine rings is 2. The number of alkyl carbamates (subject to hydrolysis) is 1. The number of fused-ring (bicyclic) bond motifs is 1. The molecule has 1 saturated carbocycles. The van der Waals surface area contributed by atoms with Crippen molar-refractivity contribution in [1.82, 2.24) is 30.5 Å². The van der Waals surface area contributed by atoms with E-state index in [0.717, 1.165) is 72.4 Å². The van der Waals surface area contributed by atoms with Gasteiger partial charge in [0, 0.05) is 50.6 Å². The van der Waals surface area contributed by atoms with E-state index in [9.17, 15) is 4.79 Å². The van der Waals surface area contributed by atoms with Crippen LogP contribution in [0.15, 0.2) is 42.0 Å². The lowest BCUT2D eigenvalue weighted by atomic mass is 9.96. The van der Waals surface area contributed by atoms with Gasteiger partial charge in [0.1, 0.15) is 11.9 Å². The number of aryl methyl sites for hydroxylation is 1. The molecule has 4 atom stereocenters. The van der Waals surface area contributed by atoms with Gasteiger partial charge in [-0.1, -0.05) is 6.07 Å². The standard InChI is InChI=1S/C27H34N8O4/c1-35-26-21(24(34-35)16-38-20-6-8-37-15-20)13-29-14-23(26)31-25-10-22(32-33-25)18-4-5-19(9-18)39-27(36)30-12-17-3-2-7-28-11-17/h2-3,7,11,13-14,18-20,22,32H,4-6,8-10,12,15-16H2,1H3,(H,30,36)(H,31,33)/t18-,19+,20?,22?/m0/s1. The Morgan fingerprint density at radius 1 is 1.21 bits per heavy atom. The van der Waals surface area contributed by atoms with Crippen LogP contribution in [0.3, 0.4) is 0 Å². The minimum absolute atomic E-state index is 0.0912. The van der Waals surface area contributed by atoms with Crippen molar-refractivity contribution in [2.24, 2.45) is 18.1 Å². The van der Waals surface area contributed by atoms with Crippen molar-refractivity contribution in [2.75, 3.05) is 18.5 Å². The molecule has 12 heteroatoms. The molecule has 2 unspecified atom stereocenters. The van der Waals surface area contributed by atoms with Crippen LogP contribution in [0, 0.1) is 5.92 Å². The van der Waals surface area contributed by atoms with Gasteiger partial charge in [-0.25, -0.2) is 4.79 Å². The number of amidine groups is 1. The van der Waals surface area contributed by atoms with Crippen molar-refractivity contribution >= 4 is 28.5 Å². The summed E-state index contributed by atoms with van der Waals surface area (Å²) in [6.45, 7) is 2.21. The summed E-state index contributed by atoms with van der Waals surface area (Å²) < 4.78 is 18.9. The summed E-state index contributed by atoms with van der Waals surface area (Å²) in [5.41, 5.74) is 6.92. The van der Waals surface area contributed by atoms with Gasteiger partial charge in [-0.05, 0) is 43.2 Å². The molecule has 0 radical (unpaired) electrons. The smallest absolute Gasteiger partial charge is 0.407 e.